The van der Waals surface area contributed by atoms with Gasteiger partial charge in [0.25, 0.3) is 0 Å². The normalized spacial score (nSPS) is 11.5. The average Bonchev–Trinajstić information content (AvgIpc) is 2.68. The van der Waals surface area contributed by atoms with Crippen LogP contribution in [-0.4, -0.2) is 24.3 Å². The van der Waals surface area contributed by atoms with E-state index < -0.39 is 12.3 Å². The summed E-state index contributed by atoms with van der Waals surface area (Å²) in [5.74, 6) is 0. The molecule has 0 aromatic heterocycles. The van der Waals surface area contributed by atoms with Crippen LogP contribution in [-0.2, 0) is 19.2 Å². The Morgan fingerprint density at radius 1 is 0.500 bits per heavy atom. The predicted octanol–water partition coefficient (Wildman–Crippen LogP) is 2.69. The van der Waals surface area contributed by atoms with Crippen molar-refractivity contribution in [1.29, 1.82) is 0 Å². The number of benzene rings is 2. The van der Waals surface area contributed by atoms with Crippen molar-refractivity contribution in [2.75, 3.05) is 0 Å². The SMILES string of the molecule is O=C=NC(N=C=O)c1ccc(-c2ccc(C(N=C=O)N=C=O)cc2)cc1. The Balaban J connectivity index is 2.29. The summed E-state index contributed by atoms with van der Waals surface area (Å²) in [6.07, 6.45) is 3.52. The minimum atomic E-state index is -0.968. The first-order chi connectivity index (χ1) is 12.7. The third-order valence-electron chi connectivity index (χ3n) is 3.45. The summed E-state index contributed by atoms with van der Waals surface area (Å²) in [7, 11) is 0. The molecule has 2 aromatic carbocycles. The van der Waals surface area contributed by atoms with Crippen molar-refractivity contribution >= 4 is 24.3 Å². The van der Waals surface area contributed by atoms with Gasteiger partial charge in [0, 0.05) is 11.1 Å². The standard InChI is InChI=1S/C18H10N4O4/c23-9-19-17(20-10-24)15-5-1-13(2-6-15)14-3-7-16(8-4-14)18(21-11-25)22-12-26/h1-8,17-18H. The minimum absolute atomic E-state index is 0.540. The number of aliphatic imine (C=N–C) groups is 4. The lowest BCUT2D eigenvalue weighted by atomic mass is 10.0. The molecular formula is C18H10N4O4. The van der Waals surface area contributed by atoms with E-state index in [9.17, 15) is 19.2 Å². The first kappa shape index (κ1) is 18.3. The zero-order chi connectivity index (χ0) is 18.8. The van der Waals surface area contributed by atoms with Crippen molar-refractivity contribution in [1.82, 2.24) is 0 Å². The Labute approximate surface area is 147 Å². The van der Waals surface area contributed by atoms with Crippen molar-refractivity contribution in [3.05, 3.63) is 59.7 Å². The predicted molar refractivity (Wildman–Crippen MR) is 89.8 cm³/mol. The molecule has 0 aliphatic carbocycles. The van der Waals surface area contributed by atoms with E-state index in [1.165, 1.54) is 24.3 Å². The van der Waals surface area contributed by atoms with E-state index in [-0.39, 0.29) is 0 Å². The molecule has 126 valence electrons. The quantitative estimate of drug-likeness (QED) is 0.565. The van der Waals surface area contributed by atoms with Gasteiger partial charge in [-0.2, -0.15) is 20.0 Å². The first-order valence-electron chi connectivity index (χ1n) is 7.21. The lowest BCUT2D eigenvalue weighted by Crippen LogP contribution is -1.93. The number of hydrogen-bond acceptors (Lipinski definition) is 8. The van der Waals surface area contributed by atoms with Gasteiger partial charge in [0.15, 0.2) is 12.3 Å². The van der Waals surface area contributed by atoms with E-state index in [2.05, 4.69) is 20.0 Å². The summed E-state index contributed by atoms with van der Waals surface area (Å²) in [5.41, 5.74) is 2.77. The zero-order valence-corrected chi connectivity index (χ0v) is 13.2. The number of carbonyl (C=O) groups excluding carboxylic acids is 4. The maximum atomic E-state index is 10.4. The van der Waals surface area contributed by atoms with Gasteiger partial charge in [-0.3, -0.25) is 0 Å². The van der Waals surface area contributed by atoms with Crippen LogP contribution in [0, 0.1) is 0 Å². The summed E-state index contributed by atoms with van der Waals surface area (Å²) in [6, 6.07) is 13.8. The lowest BCUT2D eigenvalue weighted by Gasteiger charge is -2.08. The van der Waals surface area contributed by atoms with Crippen LogP contribution in [0.15, 0.2) is 68.5 Å². The Kier molecular flexibility index (Phi) is 6.55. The maximum Gasteiger partial charge on any atom is 0.237 e. The van der Waals surface area contributed by atoms with Crippen molar-refractivity contribution in [2.45, 2.75) is 12.3 Å². The second-order valence-electron chi connectivity index (χ2n) is 4.87. The highest BCUT2D eigenvalue weighted by Crippen LogP contribution is 2.26. The molecule has 0 spiro atoms. The number of hydrogen-bond donors (Lipinski definition) is 0. The first-order valence-corrected chi connectivity index (χ1v) is 7.21. The molecule has 2 aromatic rings. The molecule has 0 bridgehead atoms. The summed E-state index contributed by atoms with van der Waals surface area (Å²) in [5, 5.41) is 0. The molecule has 0 aliphatic heterocycles. The highest BCUT2D eigenvalue weighted by atomic mass is 16.1. The van der Waals surface area contributed by atoms with Crippen LogP contribution < -0.4 is 0 Å². The van der Waals surface area contributed by atoms with Crippen molar-refractivity contribution in [3.63, 3.8) is 0 Å². The number of nitrogens with zero attached hydrogens (tertiary/aromatic N) is 4. The van der Waals surface area contributed by atoms with Gasteiger partial charge in [-0.25, -0.2) is 19.2 Å². The van der Waals surface area contributed by atoms with Gasteiger partial charge in [-0.05, 0) is 11.1 Å². The molecule has 0 unspecified atom stereocenters. The van der Waals surface area contributed by atoms with Gasteiger partial charge in [0.05, 0.1) is 0 Å². The van der Waals surface area contributed by atoms with Crippen LogP contribution in [0.1, 0.15) is 23.5 Å². The van der Waals surface area contributed by atoms with E-state index in [1.807, 2.05) is 0 Å². The van der Waals surface area contributed by atoms with Gasteiger partial charge < -0.3 is 0 Å². The smallest absolute Gasteiger partial charge is 0.211 e. The Morgan fingerprint density at radius 3 is 1.00 bits per heavy atom. The highest BCUT2D eigenvalue weighted by Gasteiger charge is 2.10. The van der Waals surface area contributed by atoms with Crippen LogP contribution >= 0.6 is 0 Å². The molecular weight excluding hydrogens is 336 g/mol. The van der Waals surface area contributed by atoms with Crippen LogP contribution in [0.3, 0.4) is 0 Å². The third kappa shape index (κ3) is 4.49. The second-order valence-corrected chi connectivity index (χ2v) is 4.87. The van der Waals surface area contributed by atoms with Gasteiger partial charge in [-0.1, -0.05) is 48.5 Å². The molecule has 0 atom stereocenters. The van der Waals surface area contributed by atoms with Crippen LogP contribution in [0.5, 0.6) is 0 Å². The van der Waals surface area contributed by atoms with E-state index >= 15 is 0 Å². The van der Waals surface area contributed by atoms with Crippen molar-refractivity contribution < 1.29 is 19.2 Å². The monoisotopic (exact) mass is 346 g/mol. The van der Waals surface area contributed by atoms with Gasteiger partial charge in [0.2, 0.25) is 24.3 Å². The third-order valence-corrected chi connectivity index (χ3v) is 3.45. The fourth-order valence-electron chi connectivity index (χ4n) is 2.25. The Bertz CT molecular complexity index is 842. The summed E-state index contributed by atoms with van der Waals surface area (Å²) in [4.78, 5) is 55.3. The van der Waals surface area contributed by atoms with E-state index in [4.69, 9.17) is 0 Å². The number of rotatable bonds is 7. The average molecular weight is 346 g/mol. The largest absolute Gasteiger partial charge is 0.237 e. The summed E-state index contributed by atoms with van der Waals surface area (Å²) < 4.78 is 0. The fraction of sp³-hybridized carbons (Fsp3) is 0.111. The van der Waals surface area contributed by atoms with E-state index in [0.717, 1.165) is 11.1 Å². The van der Waals surface area contributed by atoms with Gasteiger partial charge in [-0.15, -0.1) is 0 Å². The topological polar surface area (TPSA) is 118 Å². The Morgan fingerprint density at radius 2 is 0.769 bits per heavy atom. The molecule has 0 saturated carbocycles. The molecule has 0 fully saturated rings. The molecule has 8 heteroatoms. The highest BCUT2D eigenvalue weighted by molar-refractivity contribution is 5.64. The zero-order valence-electron chi connectivity index (χ0n) is 13.2. The van der Waals surface area contributed by atoms with Gasteiger partial charge in [0.1, 0.15) is 0 Å². The lowest BCUT2D eigenvalue weighted by molar-refractivity contribution is 0.550. The molecule has 0 amide bonds. The molecule has 0 heterocycles. The fourth-order valence-corrected chi connectivity index (χ4v) is 2.25. The molecule has 0 saturated heterocycles. The molecule has 26 heavy (non-hydrogen) atoms. The second kappa shape index (κ2) is 9.30. The summed E-state index contributed by atoms with van der Waals surface area (Å²) in [6.45, 7) is 0. The molecule has 8 nitrogen and oxygen atoms in total. The van der Waals surface area contributed by atoms with Gasteiger partial charge >= 0.3 is 0 Å². The molecule has 0 aliphatic rings. The van der Waals surface area contributed by atoms with Crippen molar-refractivity contribution in [2.24, 2.45) is 20.0 Å². The molecule has 0 radical (unpaired) electrons. The molecule has 2 rings (SSSR count). The molecule has 0 N–H and O–H groups in total. The van der Waals surface area contributed by atoms with Crippen LogP contribution in [0.25, 0.3) is 11.1 Å². The Hall–Kier alpha value is -4.04. The van der Waals surface area contributed by atoms with Crippen molar-refractivity contribution in [3.8, 4) is 11.1 Å². The summed E-state index contributed by atoms with van der Waals surface area (Å²) >= 11 is 0. The number of isocyanates is 4. The van der Waals surface area contributed by atoms with E-state index in [1.54, 1.807) is 48.5 Å². The minimum Gasteiger partial charge on any atom is -0.211 e. The maximum absolute atomic E-state index is 10.4. The van der Waals surface area contributed by atoms with Crippen LogP contribution in [0.4, 0.5) is 0 Å². The van der Waals surface area contributed by atoms with Crippen LogP contribution in [0.2, 0.25) is 0 Å². The van der Waals surface area contributed by atoms with E-state index in [0.29, 0.717) is 11.1 Å².